The summed E-state index contributed by atoms with van der Waals surface area (Å²) in [5.41, 5.74) is 4.08. The van der Waals surface area contributed by atoms with Crippen LogP contribution >= 0.6 is 0 Å². The first-order chi connectivity index (χ1) is 6.67. The summed E-state index contributed by atoms with van der Waals surface area (Å²) in [6.45, 7) is 8.23. The lowest BCUT2D eigenvalue weighted by Crippen LogP contribution is -2.44. The van der Waals surface area contributed by atoms with Gasteiger partial charge in [0.25, 0.3) is 0 Å². The monoisotopic (exact) mass is 198 g/mol. The van der Waals surface area contributed by atoms with E-state index in [2.05, 4.69) is 25.9 Å². The van der Waals surface area contributed by atoms with Crippen molar-refractivity contribution >= 4 is 0 Å². The molecule has 0 spiro atoms. The van der Waals surface area contributed by atoms with Crippen LogP contribution in [-0.4, -0.2) is 18.2 Å². The summed E-state index contributed by atoms with van der Waals surface area (Å²) in [5, 5.41) is 0. The molecule has 3 N–H and O–H groups in total. The molecular formula is C11H22N2O. The SMILES string of the molecule is C=C(CC)CC(NN)C1CCC(C)O1. The van der Waals surface area contributed by atoms with Gasteiger partial charge in [0.05, 0.1) is 18.2 Å². The normalized spacial score (nSPS) is 29.1. The van der Waals surface area contributed by atoms with Gasteiger partial charge in [0, 0.05) is 0 Å². The molecule has 3 nitrogen and oxygen atoms in total. The molecule has 0 saturated carbocycles. The Labute approximate surface area is 86.7 Å². The minimum Gasteiger partial charge on any atom is -0.374 e. The van der Waals surface area contributed by atoms with E-state index in [4.69, 9.17) is 10.6 Å². The van der Waals surface area contributed by atoms with Gasteiger partial charge in [-0.25, -0.2) is 0 Å². The highest BCUT2D eigenvalue weighted by atomic mass is 16.5. The first kappa shape index (κ1) is 11.7. The van der Waals surface area contributed by atoms with E-state index in [0.29, 0.717) is 6.10 Å². The molecule has 3 heteroatoms. The van der Waals surface area contributed by atoms with Crippen molar-refractivity contribution in [3.05, 3.63) is 12.2 Å². The smallest absolute Gasteiger partial charge is 0.0749 e. The van der Waals surface area contributed by atoms with Crippen molar-refractivity contribution in [1.82, 2.24) is 5.43 Å². The molecule has 82 valence electrons. The van der Waals surface area contributed by atoms with E-state index < -0.39 is 0 Å². The Balaban J connectivity index is 2.41. The molecule has 1 heterocycles. The van der Waals surface area contributed by atoms with Crippen molar-refractivity contribution in [2.45, 2.75) is 57.8 Å². The first-order valence-corrected chi connectivity index (χ1v) is 5.45. The van der Waals surface area contributed by atoms with Crippen LogP contribution < -0.4 is 11.3 Å². The van der Waals surface area contributed by atoms with Gasteiger partial charge >= 0.3 is 0 Å². The second-order valence-electron chi connectivity index (χ2n) is 4.14. The standard InChI is InChI=1S/C11H22N2O/c1-4-8(2)7-10(13-12)11-6-5-9(3)14-11/h9-11,13H,2,4-7,12H2,1,3H3. The third kappa shape index (κ3) is 3.08. The van der Waals surface area contributed by atoms with E-state index in [9.17, 15) is 0 Å². The molecule has 0 aromatic heterocycles. The summed E-state index contributed by atoms with van der Waals surface area (Å²) >= 11 is 0. The quantitative estimate of drug-likeness (QED) is 0.402. The lowest BCUT2D eigenvalue weighted by atomic mass is 9.99. The summed E-state index contributed by atoms with van der Waals surface area (Å²) in [6, 6.07) is 0.229. The van der Waals surface area contributed by atoms with Crippen LogP contribution in [0.2, 0.25) is 0 Å². The van der Waals surface area contributed by atoms with Crippen molar-refractivity contribution in [1.29, 1.82) is 0 Å². The fourth-order valence-corrected chi connectivity index (χ4v) is 1.88. The van der Waals surface area contributed by atoms with Crippen LogP contribution in [0.5, 0.6) is 0 Å². The number of hydrazine groups is 1. The molecule has 1 rings (SSSR count). The molecule has 0 aromatic rings. The fraction of sp³-hybridized carbons (Fsp3) is 0.818. The second kappa shape index (κ2) is 5.49. The molecule has 0 bridgehead atoms. The molecule has 0 aliphatic carbocycles. The summed E-state index contributed by atoms with van der Waals surface area (Å²) in [7, 11) is 0. The van der Waals surface area contributed by atoms with E-state index in [1.165, 1.54) is 5.57 Å². The van der Waals surface area contributed by atoms with Crippen LogP contribution in [0.4, 0.5) is 0 Å². The van der Waals surface area contributed by atoms with Gasteiger partial charge in [-0.05, 0) is 32.6 Å². The van der Waals surface area contributed by atoms with Gasteiger partial charge < -0.3 is 4.74 Å². The molecule has 0 aromatic carbocycles. The third-order valence-electron chi connectivity index (χ3n) is 2.94. The van der Waals surface area contributed by atoms with Gasteiger partial charge in [-0.2, -0.15) is 0 Å². The minimum absolute atomic E-state index is 0.229. The number of hydrogen-bond donors (Lipinski definition) is 2. The number of nitrogens with one attached hydrogen (secondary N) is 1. The third-order valence-corrected chi connectivity index (χ3v) is 2.94. The molecule has 1 aliphatic heterocycles. The van der Waals surface area contributed by atoms with Gasteiger partial charge in [0.2, 0.25) is 0 Å². The van der Waals surface area contributed by atoms with Gasteiger partial charge in [-0.3, -0.25) is 11.3 Å². The van der Waals surface area contributed by atoms with Crippen molar-refractivity contribution in [3.8, 4) is 0 Å². The summed E-state index contributed by atoms with van der Waals surface area (Å²) < 4.78 is 5.78. The van der Waals surface area contributed by atoms with Crippen molar-refractivity contribution in [3.63, 3.8) is 0 Å². The van der Waals surface area contributed by atoms with E-state index >= 15 is 0 Å². The Kier molecular flexibility index (Phi) is 4.58. The van der Waals surface area contributed by atoms with Crippen molar-refractivity contribution < 1.29 is 4.74 Å². The summed E-state index contributed by atoms with van der Waals surface area (Å²) in [5.74, 6) is 5.53. The molecule has 14 heavy (non-hydrogen) atoms. The second-order valence-corrected chi connectivity index (χ2v) is 4.14. The number of ether oxygens (including phenoxy) is 1. The lowest BCUT2D eigenvalue weighted by molar-refractivity contribution is 0.0319. The van der Waals surface area contributed by atoms with Crippen molar-refractivity contribution in [2.24, 2.45) is 5.84 Å². The Morgan fingerprint density at radius 3 is 2.79 bits per heavy atom. The molecule has 0 radical (unpaired) electrons. The van der Waals surface area contributed by atoms with E-state index in [1.54, 1.807) is 0 Å². The largest absolute Gasteiger partial charge is 0.374 e. The van der Waals surface area contributed by atoms with Gasteiger partial charge in [0.1, 0.15) is 0 Å². The topological polar surface area (TPSA) is 47.3 Å². The van der Waals surface area contributed by atoms with Crippen LogP contribution in [0.25, 0.3) is 0 Å². The zero-order valence-electron chi connectivity index (χ0n) is 9.25. The zero-order chi connectivity index (χ0) is 10.6. The molecule has 1 saturated heterocycles. The van der Waals surface area contributed by atoms with Gasteiger partial charge in [-0.1, -0.05) is 19.1 Å². The predicted molar refractivity (Wildman–Crippen MR) is 58.7 cm³/mol. The number of rotatable bonds is 5. The lowest BCUT2D eigenvalue weighted by Gasteiger charge is -2.23. The fourth-order valence-electron chi connectivity index (χ4n) is 1.88. The maximum Gasteiger partial charge on any atom is 0.0749 e. The highest BCUT2D eigenvalue weighted by Crippen LogP contribution is 2.24. The maximum atomic E-state index is 5.78. The molecule has 3 atom stereocenters. The molecule has 3 unspecified atom stereocenters. The predicted octanol–water partition coefficient (Wildman–Crippen LogP) is 1.74. The van der Waals surface area contributed by atoms with E-state index in [0.717, 1.165) is 25.7 Å². The van der Waals surface area contributed by atoms with E-state index in [1.807, 2.05) is 0 Å². The van der Waals surface area contributed by atoms with Crippen LogP contribution in [0.3, 0.4) is 0 Å². The average Bonchev–Trinajstić information content (AvgIpc) is 2.60. The van der Waals surface area contributed by atoms with Crippen LogP contribution in [-0.2, 0) is 4.74 Å². The number of nitrogens with two attached hydrogens (primary N) is 1. The average molecular weight is 198 g/mol. The van der Waals surface area contributed by atoms with Crippen molar-refractivity contribution in [2.75, 3.05) is 0 Å². The molecule has 1 aliphatic rings. The molecular weight excluding hydrogens is 176 g/mol. The molecule has 1 fully saturated rings. The van der Waals surface area contributed by atoms with Gasteiger partial charge in [-0.15, -0.1) is 0 Å². The first-order valence-electron chi connectivity index (χ1n) is 5.45. The molecule has 0 amide bonds. The highest BCUT2D eigenvalue weighted by Gasteiger charge is 2.28. The zero-order valence-corrected chi connectivity index (χ0v) is 9.25. The minimum atomic E-state index is 0.229. The van der Waals surface area contributed by atoms with E-state index in [-0.39, 0.29) is 12.1 Å². The Morgan fingerprint density at radius 2 is 2.36 bits per heavy atom. The van der Waals surface area contributed by atoms with Crippen LogP contribution in [0, 0.1) is 0 Å². The highest BCUT2D eigenvalue weighted by molar-refractivity contribution is 4.99. The Morgan fingerprint density at radius 1 is 1.64 bits per heavy atom. The van der Waals surface area contributed by atoms with Crippen LogP contribution in [0.15, 0.2) is 12.2 Å². The Bertz CT molecular complexity index is 194. The summed E-state index contributed by atoms with van der Waals surface area (Å²) in [6.07, 6.45) is 4.82. The van der Waals surface area contributed by atoms with Crippen LogP contribution in [0.1, 0.15) is 39.5 Å². The summed E-state index contributed by atoms with van der Waals surface area (Å²) in [4.78, 5) is 0. The maximum absolute atomic E-state index is 5.78. The number of hydrogen-bond acceptors (Lipinski definition) is 3. The Hall–Kier alpha value is -0.380. The van der Waals surface area contributed by atoms with Gasteiger partial charge in [0.15, 0.2) is 0 Å².